The van der Waals surface area contributed by atoms with Gasteiger partial charge in [0.15, 0.2) is 0 Å². The number of carbonyl (C=O) groups excluding carboxylic acids is 1. The highest BCUT2D eigenvalue weighted by Crippen LogP contribution is 2.32. The molecule has 0 unspecified atom stereocenters. The second-order valence-electron chi connectivity index (χ2n) is 6.99. The number of aromatic amines is 1. The Morgan fingerprint density at radius 2 is 1.97 bits per heavy atom. The zero-order chi connectivity index (χ0) is 21.6. The zero-order valence-corrected chi connectivity index (χ0v) is 16.0. The SMILES string of the molecule is CC(=O)Nc1ncc(C)cc1-c1ccc2c3[nH]ncc3c(=O)n(CC(F)(F)F)c2c1. The van der Waals surface area contributed by atoms with Crippen molar-refractivity contribution in [2.75, 3.05) is 5.32 Å². The maximum absolute atomic E-state index is 13.2. The van der Waals surface area contributed by atoms with E-state index in [4.69, 9.17) is 0 Å². The summed E-state index contributed by atoms with van der Waals surface area (Å²) >= 11 is 0. The molecule has 1 amide bonds. The third kappa shape index (κ3) is 3.51. The first-order valence-electron chi connectivity index (χ1n) is 8.95. The van der Waals surface area contributed by atoms with Crippen molar-refractivity contribution >= 4 is 33.5 Å². The molecule has 0 saturated heterocycles. The number of aryl methyl sites for hydroxylation is 1. The van der Waals surface area contributed by atoms with Crippen molar-refractivity contribution < 1.29 is 18.0 Å². The van der Waals surface area contributed by atoms with E-state index in [-0.39, 0.29) is 22.6 Å². The minimum Gasteiger partial charge on any atom is -0.310 e. The van der Waals surface area contributed by atoms with E-state index in [1.165, 1.54) is 19.2 Å². The lowest BCUT2D eigenvalue weighted by Gasteiger charge is -2.15. The molecule has 10 heteroatoms. The summed E-state index contributed by atoms with van der Waals surface area (Å²) in [5.74, 6) is -0.0543. The van der Waals surface area contributed by atoms with E-state index in [9.17, 15) is 22.8 Å². The van der Waals surface area contributed by atoms with Crippen LogP contribution in [-0.2, 0) is 11.3 Å². The number of nitrogens with zero attached hydrogens (tertiary/aromatic N) is 3. The third-order valence-corrected chi connectivity index (χ3v) is 4.64. The molecular weight excluding hydrogens is 399 g/mol. The minimum absolute atomic E-state index is 0.0793. The van der Waals surface area contributed by atoms with Crippen LogP contribution in [0.1, 0.15) is 12.5 Å². The largest absolute Gasteiger partial charge is 0.406 e. The highest BCUT2D eigenvalue weighted by molar-refractivity contribution is 6.04. The fourth-order valence-electron chi connectivity index (χ4n) is 3.43. The lowest BCUT2D eigenvalue weighted by Crippen LogP contribution is -2.28. The molecule has 0 spiro atoms. The summed E-state index contributed by atoms with van der Waals surface area (Å²) in [7, 11) is 0. The highest BCUT2D eigenvalue weighted by atomic mass is 19.4. The molecule has 3 aromatic heterocycles. The zero-order valence-electron chi connectivity index (χ0n) is 16.0. The van der Waals surface area contributed by atoms with E-state index >= 15 is 0 Å². The average Bonchev–Trinajstić information content (AvgIpc) is 3.15. The maximum Gasteiger partial charge on any atom is 0.406 e. The van der Waals surface area contributed by atoms with Gasteiger partial charge in [0.25, 0.3) is 5.56 Å². The number of nitrogens with one attached hydrogen (secondary N) is 2. The summed E-state index contributed by atoms with van der Waals surface area (Å²) < 4.78 is 40.3. The fourth-order valence-corrected chi connectivity index (χ4v) is 3.43. The number of rotatable bonds is 3. The van der Waals surface area contributed by atoms with E-state index in [0.717, 1.165) is 5.56 Å². The number of halogens is 3. The summed E-state index contributed by atoms with van der Waals surface area (Å²) in [6, 6.07) is 6.58. The van der Waals surface area contributed by atoms with Crippen molar-refractivity contribution in [2.45, 2.75) is 26.6 Å². The highest BCUT2D eigenvalue weighted by Gasteiger charge is 2.30. The number of aromatic nitrogens is 4. The molecule has 4 rings (SSSR count). The number of amides is 1. The van der Waals surface area contributed by atoms with Gasteiger partial charge in [-0.15, -0.1) is 0 Å². The van der Waals surface area contributed by atoms with Gasteiger partial charge in [-0.2, -0.15) is 18.3 Å². The van der Waals surface area contributed by atoms with Crippen LogP contribution in [0.3, 0.4) is 0 Å². The van der Waals surface area contributed by atoms with Crippen molar-refractivity contribution in [3.05, 3.63) is 52.6 Å². The molecular formula is C20H16F3N5O2. The fraction of sp³-hybridized carbons (Fsp3) is 0.200. The molecule has 7 nitrogen and oxygen atoms in total. The van der Waals surface area contributed by atoms with Crippen molar-refractivity contribution in [3.63, 3.8) is 0 Å². The predicted molar refractivity (Wildman–Crippen MR) is 106 cm³/mol. The van der Waals surface area contributed by atoms with E-state index in [1.807, 2.05) is 6.92 Å². The average molecular weight is 415 g/mol. The van der Waals surface area contributed by atoms with Crippen LogP contribution in [0.4, 0.5) is 19.0 Å². The molecule has 0 radical (unpaired) electrons. The van der Waals surface area contributed by atoms with Crippen molar-refractivity contribution in [2.24, 2.45) is 0 Å². The van der Waals surface area contributed by atoms with E-state index in [2.05, 4.69) is 20.5 Å². The molecule has 0 aliphatic heterocycles. The first-order valence-corrected chi connectivity index (χ1v) is 8.95. The Morgan fingerprint density at radius 1 is 1.20 bits per heavy atom. The van der Waals surface area contributed by atoms with Gasteiger partial charge in [0.05, 0.1) is 22.6 Å². The number of hydrogen-bond acceptors (Lipinski definition) is 4. The second-order valence-corrected chi connectivity index (χ2v) is 6.99. The lowest BCUT2D eigenvalue weighted by molar-refractivity contribution is -0.140. The number of hydrogen-bond donors (Lipinski definition) is 2. The van der Waals surface area contributed by atoms with E-state index < -0.39 is 18.3 Å². The molecule has 0 aliphatic carbocycles. The summed E-state index contributed by atoms with van der Waals surface area (Å²) in [5.41, 5.74) is 1.52. The van der Waals surface area contributed by atoms with Crippen LogP contribution in [0, 0.1) is 6.92 Å². The van der Waals surface area contributed by atoms with Crippen LogP contribution in [0.25, 0.3) is 32.9 Å². The predicted octanol–water partition coefficient (Wildman–Crippen LogP) is 3.77. The molecule has 30 heavy (non-hydrogen) atoms. The molecule has 0 saturated carbocycles. The number of benzene rings is 1. The Morgan fingerprint density at radius 3 is 2.67 bits per heavy atom. The summed E-state index contributed by atoms with van der Waals surface area (Å²) in [6.45, 7) is 1.71. The number of carbonyl (C=O) groups is 1. The summed E-state index contributed by atoms with van der Waals surface area (Å²) in [5, 5.41) is 9.63. The van der Waals surface area contributed by atoms with Crippen LogP contribution in [0.15, 0.2) is 41.5 Å². The molecule has 0 bridgehead atoms. The van der Waals surface area contributed by atoms with Crippen LogP contribution < -0.4 is 10.9 Å². The smallest absolute Gasteiger partial charge is 0.310 e. The number of pyridine rings is 2. The standard InChI is InChI=1S/C20H16F3N5O2/c1-10-5-14(18(24-7-10)26-11(2)29)12-3-4-13-16(6-12)28(9-20(21,22)23)19(30)15-8-25-27-17(13)15/h3-8H,9H2,1-2H3,(H,25,27)(H,24,26,29). The Bertz CT molecular complexity index is 1350. The van der Waals surface area contributed by atoms with Crippen molar-refractivity contribution in [3.8, 4) is 11.1 Å². The van der Waals surface area contributed by atoms with Crippen LogP contribution in [0.5, 0.6) is 0 Å². The van der Waals surface area contributed by atoms with E-state index in [0.29, 0.717) is 26.6 Å². The van der Waals surface area contributed by atoms with Crippen LogP contribution >= 0.6 is 0 Å². The molecule has 3 heterocycles. The van der Waals surface area contributed by atoms with Gasteiger partial charge in [-0.3, -0.25) is 19.3 Å². The van der Waals surface area contributed by atoms with Gasteiger partial charge in [0, 0.05) is 24.1 Å². The molecule has 0 atom stereocenters. The Hall–Kier alpha value is -3.69. The maximum atomic E-state index is 13.2. The van der Waals surface area contributed by atoms with Gasteiger partial charge in [-0.05, 0) is 30.2 Å². The first-order chi connectivity index (χ1) is 14.1. The van der Waals surface area contributed by atoms with Crippen molar-refractivity contribution in [1.29, 1.82) is 0 Å². The number of fused-ring (bicyclic) bond motifs is 3. The number of anilines is 1. The van der Waals surface area contributed by atoms with Gasteiger partial charge >= 0.3 is 6.18 Å². The Labute approximate surface area is 167 Å². The van der Waals surface area contributed by atoms with Crippen molar-refractivity contribution in [1.82, 2.24) is 19.7 Å². The summed E-state index contributed by atoms with van der Waals surface area (Å²) in [6.07, 6.45) is -1.79. The van der Waals surface area contributed by atoms with E-state index in [1.54, 1.807) is 24.4 Å². The van der Waals surface area contributed by atoms with Crippen LogP contribution in [-0.4, -0.2) is 31.8 Å². The topological polar surface area (TPSA) is 92.7 Å². The minimum atomic E-state index is -4.59. The van der Waals surface area contributed by atoms with Gasteiger partial charge in [-0.25, -0.2) is 4.98 Å². The molecule has 0 fully saturated rings. The Balaban J connectivity index is 2.03. The molecule has 1 aromatic carbocycles. The van der Waals surface area contributed by atoms with Gasteiger partial charge < -0.3 is 5.32 Å². The van der Waals surface area contributed by atoms with Gasteiger partial charge in [0.2, 0.25) is 5.91 Å². The second kappa shape index (κ2) is 6.97. The third-order valence-electron chi connectivity index (χ3n) is 4.64. The first kappa shape index (κ1) is 19.6. The van der Waals surface area contributed by atoms with Gasteiger partial charge in [0.1, 0.15) is 12.4 Å². The summed E-state index contributed by atoms with van der Waals surface area (Å²) in [4.78, 5) is 28.5. The monoisotopic (exact) mass is 415 g/mol. The molecule has 0 aliphatic rings. The normalized spacial score (nSPS) is 11.9. The quantitative estimate of drug-likeness (QED) is 0.533. The van der Waals surface area contributed by atoms with Crippen LogP contribution in [0.2, 0.25) is 0 Å². The molecule has 2 N–H and O–H groups in total. The molecule has 4 aromatic rings. The number of H-pyrrole nitrogens is 1. The lowest BCUT2D eigenvalue weighted by atomic mass is 10.0. The number of alkyl halides is 3. The van der Waals surface area contributed by atoms with Gasteiger partial charge in [-0.1, -0.05) is 12.1 Å². The molecule has 154 valence electrons. The Kier molecular flexibility index (Phi) is 4.56.